The van der Waals surface area contributed by atoms with Crippen molar-refractivity contribution in [3.8, 4) is 0 Å². The number of hydrogen-bond acceptors (Lipinski definition) is 4. The molecule has 2 atom stereocenters. The standard InChI is InChI=1S/C18H29N3O3/c22-11-7-15-5-3-10-21(14-15)18(23)19-13-16(17-6-4-12-24-17)20-8-1-2-9-20/h4,6,12,15-16,22H,1-3,5,7-11,13-14H2,(H,19,23)/t15-,16+/m0/s1. The second-order valence-electron chi connectivity index (χ2n) is 6.93. The van der Waals surface area contributed by atoms with Crippen LogP contribution in [0.4, 0.5) is 4.79 Å². The van der Waals surface area contributed by atoms with Crippen LogP contribution in [0.3, 0.4) is 0 Å². The van der Waals surface area contributed by atoms with Crippen molar-refractivity contribution in [3.05, 3.63) is 24.2 Å². The van der Waals surface area contributed by atoms with Crippen LogP contribution >= 0.6 is 0 Å². The molecule has 3 rings (SSSR count). The van der Waals surface area contributed by atoms with Crippen LogP contribution in [0.15, 0.2) is 22.8 Å². The van der Waals surface area contributed by atoms with Gasteiger partial charge in [-0.25, -0.2) is 4.79 Å². The van der Waals surface area contributed by atoms with Crippen molar-refractivity contribution in [1.29, 1.82) is 0 Å². The van der Waals surface area contributed by atoms with Gasteiger partial charge in [-0.2, -0.15) is 0 Å². The van der Waals surface area contributed by atoms with Crippen molar-refractivity contribution in [2.24, 2.45) is 5.92 Å². The molecule has 6 heteroatoms. The summed E-state index contributed by atoms with van der Waals surface area (Å²) in [4.78, 5) is 16.8. The van der Waals surface area contributed by atoms with E-state index in [9.17, 15) is 4.79 Å². The molecule has 0 spiro atoms. The molecule has 0 saturated carbocycles. The number of nitrogens with zero attached hydrogens (tertiary/aromatic N) is 2. The number of carbonyl (C=O) groups is 1. The van der Waals surface area contributed by atoms with E-state index in [0.29, 0.717) is 12.5 Å². The number of aliphatic hydroxyl groups excluding tert-OH is 1. The maximum atomic E-state index is 12.5. The summed E-state index contributed by atoms with van der Waals surface area (Å²) in [6, 6.07) is 4.02. The van der Waals surface area contributed by atoms with E-state index in [1.807, 2.05) is 17.0 Å². The molecular weight excluding hydrogens is 306 g/mol. The number of furan rings is 1. The topological polar surface area (TPSA) is 69.0 Å². The van der Waals surface area contributed by atoms with Crippen LogP contribution in [0.2, 0.25) is 0 Å². The molecule has 134 valence electrons. The first kappa shape index (κ1) is 17.3. The summed E-state index contributed by atoms with van der Waals surface area (Å²) < 4.78 is 5.60. The molecule has 0 aliphatic carbocycles. The Kier molecular flexibility index (Phi) is 6.15. The molecule has 0 aromatic carbocycles. The van der Waals surface area contributed by atoms with E-state index in [1.54, 1.807) is 6.26 Å². The normalized spacial score (nSPS) is 23.4. The molecule has 2 aliphatic heterocycles. The number of urea groups is 1. The van der Waals surface area contributed by atoms with E-state index in [-0.39, 0.29) is 18.7 Å². The average molecular weight is 335 g/mol. The van der Waals surface area contributed by atoms with Gasteiger partial charge in [-0.3, -0.25) is 4.90 Å². The molecule has 2 N–H and O–H groups in total. The Morgan fingerprint density at radius 2 is 2.17 bits per heavy atom. The fourth-order valence-corrected chi connectivity index (χ4v) is 3.91. The zero-order chi connectivity index (χ0) is 16.8. The molecule has 24 heavy (non-hydrogen) atoms. The lowest BCUT2D eigenvalue weighted by atomic mass is 9.95. The third-order valence-corrected chi connectivity index (χ3v) is 5.24. The maximum Gasteiger partial charge on any atom is 0.317 e. The van der Waals surface area contributed by atoms with Gasteiger partial charge in [-0.15, -0.1) is 0 Å². The fraction of sp³-hybridized carbons (Fsp3) is 0.722. The number of piperidine rings is 1. The van der Waals surface area contributed by atoms with Crippen LogP contribution in [0.25, 0.3) is 0 Å². The summed E-state index contributed by atoms with van der Waals surface area (Å²) >= 11 is 0. The number of amides is 2. The first-order valence-corrected chi connectivity index (χ1v) is 9.19. The van der Waals surface area contributed by atoms with Crippen molar-refractivity contribution >= 4 is 6.03 Å². The van der Waals surface area contributed by atoms with E-state index in [0.717, 1.165) is 51.2 Å². The first-order valence-electron chi connectivity index (χ1n) is 9.19. The van der Waals surface area contributed by atoms with Gasteiger partial charge in [0.05, 0.1) is 12.3 Å². The van der Waals surface area contributed by atoms with Crippen LogP contribution in [-0.4, -0.2) is 60.3 Å². The third kappa shape index (κ3) is 4.30. The van der Waals surface area contributed by atoms with Gasteiger partial charge >= 0.3 is 6.03 Å². The van der Waals surface area contributed by atoms with Gasteiger partial charge in [0.2, 0.25) is 0 Å². The van der Waals surface area contributed by atoms with Crippen molar-refractivity contribution in [2.75, 3.05) is 39.3 Å². The summed E-state index contributed by atoms with van der Waals surface area (Å²) in [6.07, 6.45) is 7.02. The Morgan fingerprint density at radius 1 is 1.33 bits per heavy atom. The molecule has 0 unspecified atom stereocenters. The molecule has 6 nitrogen and oxygen atoms in total. The van der Waals surface area contributed by atoms with Crippen LogP contribution in [0.1, 0.15) is 43.9 Å². The van der Waals surface area contributed by atoms with Gasteiger partial charge in [0, 0.05) is 26.2 Å². The molecule has 2 saturated heterocycles. The van der Waals surface area contributed by atoms with E-state index < -0.39 is 0 Å². The molecule has 3 heterocycles. The van der Waals surface area contributed by atoms with E-state index in [2.05, 4.69) is 10.2 Å². The summed E-state index contributed by atoms with van der Waals surface area (Å²) in [6.45, 7) is 4.46. The van der Waals surface area contributed by atoms with E-state index in [4.69, 9.17) is 9.52 Å². The summed E-state index contributed by atoms with van der Waals surface area (Å²) in [5, 5.41) is 12.2. The number of carbonyl (C=O) groups excluding carboxylic acids is 1. The number of hydrogen-bond donors (Lipinski definition) is 2. The quantitative estimate of drug-likeness (QED) is 0.836. The Morgan fingerprint density at radius 3 is 2.88 bits per heavy atom. The predicted octanol–water partition coefficient (Wildman–Crippen LogP) is 2.22. The molecule has 0 radical (unpaired) electrons. The molecular formula is C18H29N3O3. The Labute approximate surface area is 143 Å². The van der Waals surface area contributed by atoms with Gasteiger partial charge in [0.25, 0.3) is 0 Å². The van der Waals surface area contributed by atoms with Crippen LogP contribution in [-0.2, 0) is 0 Å². The second kappa shape index (κ2) is 8.53. The number of likely N-dealkylation sites (tertiary alicyclic amines) is 2. The monoisotopic (exact) mass is 335 g/mol. The molecule has 2 amide bonds. The summed E-state index contributed by atoms with van der Waals surface area (Å²) in [5.41, 5.74) is 0. The largest absolute Gasteiger partial charge is 0.468 e. The highest BCUT2D eigenvalue weighted by atomic mass is 16.3. The zero-order valence-corrected chi connectivity index (χ0v) is 14.3. The van der Waals surface area contributed by atoms with Crippen molar-refractivity contribution in [3.63, 3.8) is 0 Å². The fourth-order valence-electron chi connectivity index (χ4n) is 3.91. The predicted molar refractivity (Wildman–Crippen MR) is 91.7 cm³/mol. The number of nitrogens with one attached hydrogen (secondary N) is 1. The highest BCUT2D eigenvalue weighted by Gasteiger charge is 2.28. The third-order valence-electron chi connectivity index (χ3n) is 5.24. The SMILES string of the molecule is O=C(NC[C@H](c1ccco1)N1CCCC1)N1CCC[C@@H](CCO)C1. The second-order valence-corrected chi connectivity index (χ2v) is 6.93. The minimum atomic E-state index is 0.00777. The molecule has 0 bridgehead atoms. The Hall–Kier alpha value is -1.53. The maximum absolute atomic E-state index is 12.5. The van der Waals surface area contributed by atoms with Gasteiger partial charge < -0.3 is 19.7 Å². The Balaban J connectivity index is 1.55. The Bertz CT molecular complexity index is 498. The van der Waals surface area contributed by atoms with Gasteiger partial charge in [0.15, 0.2) is 0 Å². The van der Waals surface area contributed by atoms with Crippen LogP contribution < -0.4 is 5.32 Å². The molecule has 1 aromatic rings. The highest BCUT2D eigenvalue weighted by Crippen LogP contribution is 2.25. The molecule has 2 fully saturated rings. The first-order chi connectivity index (χ1) is 11.8. The number of rotatable bonds is 6. The van der Waals surface area contributed by atoms with Crippen molar-refractivity contribution in [2.45, 2.75) is 38.1 Å². The smallest absolute Gasteiger partial charge is 0.317 e. The lowest BCUT2D eigenvalue weighted by Gasteiger charge is -2.33. The van der Waals surface area contributed by atoms with Gasteiger partial charge in [0.1, 0.15) is 5.76 Å². The molecule has 1 aromatic heterocycles. The van der Waals surface area contributed by atoms with Crippen molar-refractivity contribution < 1.29 is 14.3 Å². The average Bonchev–Trinajstić information content (AvgIpc) is 3.30. The minimum absolute atomic E-state index is 0.00777. The number of aliphatic hydroxyl groups is 1. The van der Waals surface area contributed by atoms with Gasteiger partial charge in [-0.1, -0.05) is 0 Å². The van der Waals surface area contributed by atoms with Crippen LogP contribution in [0.5, 0.6) is 0 Å². The lowest BCUT2D eigenvalue weighted by Crippen LogP contribution is -2.47. The summed E-state index contributed by atoms with van der Waals surface area (Å²) in [7, 11) is 0. The minimum Gasteiger partial charge on any atom is -0.468 e. The lowest BCUT2D eigenvalue weighted by molar-refractivity contribution is 0.145. The van der Waals surface area contributed by atoms with Gasteiger partial charge in [-0.05, 0) is 63.2 Å². The summed E-state index contributed by atoms with van der Waals surface area (Å²) in [5.74, 6) is 1.35. The zero-order valence-electron chi connectivity index (χ0n) is 14.3. The van der Waals surface area contributed by atoms with E-state index in [1.165, 1.54) is 12.8 Å². The van der Waals surface area contributed by atoms with Crippen molar-refractivity contribution in [1.82, 2.24) is 15.1 Å². The van der Waals surface area contributed by atoms with E-state index >= 15 is 0 Å². The highest BCUT2D eigenvalue weighted by molar-refractivity contribution is 5.74. The molecule has 2 aliphatic rings. The van der Waals surface area contributed by atoms with Crippen LogP contribution in [0, 0.1) is 5.92 Å².